The highest BCUT2D eigenvalue weighted by atomic mass is 79.9. The molecular formula is C11H16BrNO. The minimum Gasteiger partial charge on any atom is -0.372 e. The lowest BCUT2D eigenvalue weighted by Gasteiger charge is -2.28. The average Bonchev–Trinajstić information content (AvgIpc) is 2.21. The Morgan fingerprint density at radius 1 is 1.50 bits per heavy atom. The molecule has 0 saturated carbocycles. The first kappa shape index (κ1) is 11.7. The minimum absolute atomic E-state index is 0.395. The third-order valence-corrected chi connectivity index (χ3v) is 3.54. The lowest BCUT2D eigenvalue weighted by atomic mass is 9.92. The van der Waals surface area contributed by atoms with Gasteiger partial charge in [0.2, 0.25) is 0 Å². The minimum atomic E-state index is -0.395. The molecule has 78 valence electrons. The molecule has 1 rings (SSSR count). The zero-order chi connectivity index (χ0) is 10.8. The second-order valence-electron chi connectivity index (χ2n) is 3.55. The standard InChI is InChI=1S/C11H16BrNO/c1-8-9(5-4-6-10(8)12)11(2,7-13)14-3/h4-6H,7,13H2,1-3H3. The molecule has 1 aromatic carbocycles. The van der Waals surface area contributed by atoms with E-state index in [-0.39, 0.29) is 0 Å². The van der Waals surface area contributed by atoms with Crippen molar-refractivity contribution < 1.29 is 4.74 Å². The fourth-order valence-electron chi connectivity index (χ4n) is 1.48. The van der Waals surface area contributed by atoms with Crippen molar-refractivity contribution in [2.24, 2.45) is 5.73 Å². The maximum absolute atomic E-state index is 5.73. The predicted molar refractivity (Wildman–Crippen MR) is 62.3 cm³/mol. The molecular weight excluding hydrogens is 242 g/mol. The highest BCUT2D eigenvalue weighted by Crippen LogP contribution is 2.30. The van der Waals surface area contributed by atoms with E-state index in [1.54, 1.807) is 7.11 Å². The number of halogens is 1. The van der Waals surface area contributed by atoms with E-state index in [1.165, 1.54) is 5.56 Å². The van der Waals surface area contributed by atoms with Gasteiger partial charge in [0, 0.05) is 18.1 Å². The Labute approximate surface area is 93.6 Å². The van der Waals surface area contributed by atoms with Crippen molar-refractivity contribution in [1.82, 2.24) is 0 Å². The van der Waals surface area contributed by atoms with Crippen LogP contribution in [0.5, 0.6) is 0 Å². The van der Waals surface area contributed by atoms with Crippen LogP contribution in [-0.4, -0.2) is 13.7 Å². The van der Waals surface area contributed by atoms with Gasteiger partial charge in [0.1, 0.15) is 5.60 Å². The Hall–Kier alpha value is -0.380. The molecule has 1 aromatic rings. The first-order valence-electron chi connectivity index (χ1n) is 4.56. The molecule has 0 radical (unpaired) electrons. The second-order valence-corrected chi connectivity index (χ2v) is 4.41. The topological polar surface area (TPSA) is 35.2 Å². The molecule has 1 unspecified atom stereocenters. The lowest BCUT2D eigenvalue weighted by molar-refractivity contribution is 0.00951. The van der Waals surface area contributed by atoms with Crippen molar-refractivity contribution in [2.45, 2.75) is 19.4 Å². The van der Waals surface area contributed by atoms with Crippen molar-refractivity contribution in [2.75, 3.05) is 13.7 Å². The Morgan fingerprint density at radius 2 is 2.14 bits per heavy atom. The summed E-state index contributed by atoms with van der Waals surface area (Å²) in [5, 5.41) is 0. The number of hydrogen-bond donors (Lipinski definition) is 1. The van der Waals surface area contributed by atoms with Crippen LogP contribution < -0.4 is 5.73 Å². The summed E-state index contributed by atoms with van der Waals surface area (Å²) in [4.78, 5) is 0. The summed E-state index contributed by atoms with van der Waals surface area (Å²) in [5.41, 5.74) is 7.65. The second kappa shape index (κ2) is 4.43. The third kappa shape index (κ3) is 2.00. The van der Waals surface area contributed by atoms with E-state index >= 15 is 0 Å². The summed E-state index contributed by atoms with van der Waals surface area (Å²) in [6.07, 6.45) is 0. The van der Waals surface area contributed by atoms with Gasteiger partial charge < -0.3 is 10.5 Å². The first-order chi connectivity index (χ1) is 6.55. The molecule has 3 heteroatoms. The quantitative estimate of drug-likeness (QED) is 0.904. The van der Waals surface area contributed by atoms with Crippen molar-refractivity contribution >= 4 is 15.9 Å². The van der Waals surface area contributed by atoms with Crippen LogP contribution in [-0.2, 0) is 10.3 Å². The van der Waals surface area contributed by atoms with Gasteiger partial charge in [0.15, 0.2) is 0 Å². The third-order valence-electron chi connectivity index (χ3n) is 2.68. The van der Waals surface area contributed by atoms with E-state index in [9.17, 15) is 0 Å². The normalized spacial score (nSPS) is 15.2. The van der Waals surface area contributed by atoms with Crippen LogP contribution in [0.15, 0.2) is 22.7 Å². The maximum atomic E-state index is 5.73. The summed E-state index contributed by atoms with van der Waals surface area (Å²) in [6.45, 7) is 4.54. The van der Waals surface area contributed by atoms with E-state index < -0.39 is 5.60 Å². The monoisotopic (exact) mass is 257 g/mol. The summed E-state index contributed by atoms with van der Waals surface area (Å²) < 4.78 is 6.55. The molecule has 0 fully saturated rings. The Bertz CT molecular complexity index is 321. The van der Waals surface area contributed by atoms with Crippen molar-refractivity contribution in [3.05, 3.63) is 33.8 Å². The van der Waals surface area contributed by atoms with Crippen LogP contribution in [0.4, 0.5) is 0 Å². The largest absolute Gasteiger partial charge is 0.372 e. The van der Waals surface area contributed by atoms with Gasteiger partial charge in [0.25, 0.3) is 0 Å². The van der Waals surface area contributed by atoms with Crippen LogP contribution in [0.3, 0.4) is 0 Å². The maximum Gasteiger partial charge on any atom is 0.102 e. The lowest BCUT2D eigenvalue weighted by Crippen LogP contribution is -2.34. The van der Waals surface area contributed by atoms with Gasteiger partial charge in [-0.1, -0.05) is 28.1 Å². The number of hydrogen-bond acceptors (Lipinski definition) is 2. The predicted octanol–water partition coefficient (Wildman–Crippen LogP) is 2.58. The van der Waals surface area contributed by atoms with Gasteiger partial charge in [-0.2, -0.15) is 0 Å². The molecule has 2 N–H and O–H groups in total. The summed E-state index contributed by atoms with van der Waals surface area (Å²) in [6, 6.07) is 6.07. The SMILES string of the molecule is COC(C)(CN)c1cccc(Br)c1C. The average molecular weight is 258 g/mol. The Kier molecular flexibility index (Phi) is 3.70. The smallest absolute Gasteiger partial charge is 0.102 e. The van der Waals surface area contributed by atoms with Gasteiger partial charge in [-0.05, 0) is 31.0 Å². The van der Waals surface area contributed by atoms with Crippen LogP contribution in [0.1, 0.15) is 18.1 Å². The summed E-state index contributed by atoms with van der Waals surface area (Å²) in [7, 11) is 1.69. The van der Waals surface area contributed by atoms with E-state index in [0.717, 1.165) is 10.0 Å². The van der Waals surface area contributed by atoms with Crippen molar-refractivity contribution in [1.29, 1.82) is 0 Å². The molecule has 0 saturated heterocycles. The van der Waals surface area contributed by atoms with Crippen LogP contribution in [0, 0.1) is 6.92 Å². The molecule has 0 heterocycles. The Morgan fingerprint density at radius 3 is 2.64 bits per heavy atom. The van der Waals surface area contributed by atoms with Gasteiger partial charge >= 0.3 is 0 Å². The summed E-state index contributed by atoms with van der Waals surface area (Å²) >= 11 is 3.50. The highest BCUT2D eigenvalue weighted by Gasteiger charge is 2.26. The van der Waals surface area contributed by atoms with Gasteiger partial charge in [-0.25, -0.2) is 0 Å². The molecule has 0 spiro atoms. The van der Waals surface area contributed by atoms with E-state index in [4.69, 9.17) is 10.5 Å². The van der Waals surface area contributed by atoms with Crippen molar-refractivity contribution in [3.8, 4) is 0 Å². The molecule has 0 aromatic heterocycles. The zero-order valence-corrected chi connectivity index (χ0v) is 10.4. The molecule has 1 atom stereocenters. The first-order valence-corrected chi connectivity index (χ1v) is 5.35. The van der Waals surface area contributed by atoms with Gasteiger partial charge in [0.05, 0.1) is 0 Å². The van der Waals surface area contributed by atoms with Crippen LogP contribution in [0.2, 0.25) is 0 Å². The van der Waals surface area contributed by atoms with Gasteiger partial charge in [-0.15, -0.1) is 0 Å². The fraction of sp³-hybridized carbons (Fsp3) is 0.455. The van der Waals surface area contributed by atoms with Crippen molar-refractivity contribution in [3.63, 3.8) is 0 Å². The van der Waals surface area contributed by atoms with E-state index in [1.807, 2.05) is 19.1 Å². The number of nitrogens with two attached hydrogens (primary N) is 1. The number of benzene rings is 1. The van der Waals surface area contributed by atoms with Crippen LogP contribution in [0.25, 0.3) is 0 Å². The molecule has 0 aliphatic rings. The molecule has 0 aliphatic carbocycles. The molecule has 0 bridgehead atoms. The van der Waals surface area contributed by atoms with Gasteiger partial charge in [-0.3, -0.25) is 0 Å². The van der Waals surface area contributed by atoms with E-state index in [0.29, 0.717) is 6.54 Å². The molecule has 14 heavy (non-hydrogen) atoms. The zero-order valence-electron chi connectivity index (χ0n) is 8.80. The number of ether oxygens (including phenoxy) is 1. The number of rotatable bonds is 3. The Balaban J connectivity index is 3.24. The molecule has 2 nitrogen and oxygen atoms in total. The fourth-order valence-corrected chi connectivity index (χ4v) is 1.85. The highest BCUT2D eigenvalue weighted by molar-refractivity contribution is 9.10. The van der Waals surface area contributed by atoms with E-state index in [2.05, 4.69) is 28.9 Å². The summed E-state index contributed by atoms with van der Waals surface area (Å²) in [5.74, 6) is 0. The van der Waals surface area contributed by atoms with Crippen LogP contribution >= 0.6 is 15.9 Å². The molecule has 0 aliphatic heterocycles. The number of methoxy groups -OCH3 is 1. The molecule has 0 amide bonds.